The van der Waals surface area contributed by atoms with Gasteiger partial charge in [-0.15, -0.1) is 0 Å². The number of aliphatic hydroxyl groups is 3. The van der Waals surface area contributed by atoms with Gasteiger partial charge in [-0.1, -0.05) is 11.6 Å². The molecule has 4 heteroatoms. The molecule has 1 fully saturated rings. The highest BCUT2D eigenvalue weighted by Crippen LogP contribution is 2.40. The summed E-state index contributed by atoms with van der Waals surface area (Å²) in [6.07, 6.45) is 0.932. The van der Waals surface area contributed by atoms with Gasteiger partial charge in [0, 0.05) is 6.42 Å². The molecule has 0 bridgehead atoms. The molecule has 0 aromatic rings. The average Bonchev–Trinajstić information content (AvgIpc) is 1.81. The van der Waals surface area contributed by atoms with Crippen molar-refractivity contribution in [3.05, 3.63) is 0 Å². The molecular weight excluding hydrogens is 144 g/mol. The van der Waals surface area contributed by atoms with E-state index in [0.29, 0.717) is 6.42 Å². The Labute approximate surface area is 57.9 Å². The maximum Gasteiger partial charge on any atom is 0.207 e. The number of hydrogen-bond acceptors (Lipinski definition) is 3. The molecule has 0 aromatic heterocycles. The normalized spacial score (nSPS) is 41.3. The summed E-state index contributed by atoms with van der Waals surface area (Å²) < 4.78 is 0. The third kappa shape index (κ3) is 1.05. The van der Waals surface area contributed by atoms with Gasteiger partial charge in [-0.3, -0.25) is 0 Å². The summed E-state index contributed by atoms with van der Waals surface area (Å²) in [6.45, 7) is 0. The Morgan fingerprint density at radius 2 is 1.67 bits per heavy atom. The van der Waals surface area contributed by atoms with Crippen molar-refractivity contribution < 1.29 is 15.3 Å². The summed E-state index contributed by atoms with van der Waals surface area (Å²) >= 11 is 5.31. The first-order valence-corrected chi connectivity index (χ1v) is 3.19. The van der Waals surface area contributed by atoms with Crippen LogP contribution in [0.2, 0.25) is 0 Å². The van der Waals surface area contributed by atoms with Crippen LogP contribution in [0.5, 0.6) is 0 Å². The highest BCUT2D eigenvalue weighted by molar-refractivity contribution is 6.23. The minimum absolute atomic E-state index is 0.146. The summed E-state index contributed by atoms with van der Waals surface area (Å²) in [4.78, 5) is 0. The Morgan fingerprint density at radius 1 is 1.11 bits per heavy atom. The van der Waals surface area contributed by atoms with E-state index in [1.54, 1.807) is 0 Å². The van der Waals surface area contributed by atoms with E-state index in [4.69, 9.17) is 26.9 Å². The van der Waals surface area contributed by atoms with Gasteiger partial charge in [0.2, 0.25) is 5.79 Å². The fraction of sp³-hybridized carbons (Fsp3) is 1.00. The van der Waals surface area contributed by atoms with Crippen molar-refractivity contribution in [1.29, 1.82) is 0 Å². The zero-order valence-corrected chi connectivity index (χ0v) is 5.60. The van der Waals surface area contributed by atoms with Crippen molar-refractivity contribution in [2.24, 2.45) is 0 Å². The molecule has 0 heterocycles. The smallest absolute Gasteiger partial charge is 0.207 e. The average molecular weight is 153 g/mol. The molecule has 1 saturated carbocycles. The van der Waals surface area contributed by atoms with Crippen LogP contribution in [0.3, 0.4) is 0 Å². The van der Waals surface area contributed by atoms with Gasteiger partial charge in [0.15, 0.2) is 5.06 Å². The lowest BCUT2D eigenvalue weighted by atomic mass is 10.2. The predicted molar refractivity (Wildman–Crippen MR) is 31.8 cm³/mol. The Bertz CT molecular complexity index is 107. The molecule has 1 unspecified atom stereocenters. The summed E-state index contributed by atoms with van der Waals surface area (Å²) in [5.74, 6) is -2.09. The lowest BCUT2D eigenvalue weighted by Crippen LogP contribution is -2.45. The Kier molecular flexibility index (Phi) is 1.48. The van der Waals surface area contributed by atoms with Crippen molar-refractivity contribution in [3.8, 4) is 0 Å². The predicted octanol–water partition coefficient (Wildman–Crippen LogP) is -0.221. The van der Waals surface area contributed by atoms with Crippen molar-refractivity contribution in [2.75, 3.05) is 0 Å². The van der Waals surface area contributed by atoms with Crippen LogP contribution in [0.1, 0.15) is 19.3 Å². The standard InChI is InChI=1S/C5H9ClO3/c6-4(7)2-1-3-5(4,8)9/h7-9H,1-3H2. The van der Waals surface area contributed by atoms with Crippen molar-refractivity contribution in [3.63, 3.8) is 0 Å². The van der Waals surface area contributed by atoms with E-state index >= 15 is 0 Å². The Balaban J connectivity index is 2.75. The quantitative estimate of drug-likeness (QED) is 0.332. The molecule has 3 N–H and O–H groups in total. The van der Waals surface area contributed by atoms with Crippen LogP contribution in [0.25, 0.3) is 0 Å². The van der Waals surface area contributed by atoms with E-state index in [0.717, 1.165) is 0 Å². The molecule has 0 spiro atoms. The largest absolute Gasteiger partial charge is 0.370 e. The van der Waals surface area contributed by atoms with E-state index in [1.165, 1.54) is 0 Å². The third-order valence-electron chi connectivity index (χ3n) is 1.65. The number of hydrogen-bond donors (Lipinski definition) is 3. The Hall–Kier alpha value is 0.170. The molecule has 1 aliphatic carbocycles. The molecule has 3 nitrogen and oxygen atoms in total. The van der Waals surface area contributed by atoms with Gasteiger partial charge in [0.25, 0.3) is 0 Å². The van der Waals surface area contributed by atoms with E-state index in [-0.39, 0.29) is 12.8 Å². The van der Waals surface area contributed by atoms with Gasteiger partial charge >= 0.3 is 0 Å². The van der Waals surface area contributed by atoms with E-state index < -0.39 is 10.8 Å². The summed E-state index contributed by atoms with van der Waals surface area (Å²) in [7, 11) is 0. The summed E-state index contributed by atoms with van der Waals surface area (Å²) in [5.41, 5.74) is 0. The first-order valence-electron chi connectivity index (χ1n) is 2.82. The van der Waals surface area contributed by atoms with Gasteiger partial charge in [0.05, 0.1) is 0 Å². The Morgan fingerprint density at radius 3 is 1.78 bits per heavy atom. The van der Waals surface area contributed by atoms with E-state index in [1.807, 2.05) is 0 Å². The zero-order chi connectivity index (χ0) is 7.12. The second kappa shape index (κ2) is 1.83. The van der Waals surface area contributed by atoms with Gasteiger partial charge in [-0.05, 0) is 12.8 Å². The minimum atomic E-state index is -2.09. The molecule has 0 aromatic carbocycles. The number of rotatable bonds is 0. The molecule has 54 valence electrons. The number of alkyl halides is 1. The number of halogens is 1. The van der Waals surface area contributed by atoms with Crippen LogP contribution in [-0.4, -0.2) is 26.2 Å². The van der Waals surface area contributed by atoms with Gasteiger partial charge in [-0.2, -0.15) is 0 Å². The zero-order valence-electron chi connectivity index (χ0n) is 4.84. The second-order valence-electron chi connectivity index (χ2n) is 2.43. The van der Waals surface area contributed by atoms with Crippen molar-refractivity contribution >= 4 is 11.6 Å². The fourth-order valence-corrected chi connectivity index (χ4v) is 1.19. The third-order valence-corrected chi connectivity index (χ3v) is 2.14. The molecule has 0 radical (unpaired) electrons. The molecule has 0 aliphatic heterocycles. The minimum Gasteiger partial charge on any atom is -0.370 e. The molecule has 1 aliphatic rings. The van der Waals surface area contributed by atoms with Crippen LogP contribution in [0.15, 0.2) is 0 Å². The van der Waals surface area contributed by atoms with Crippen LogP contribution >= 0.6 is 11.6 Å². The van der Waals surface area contributed by atoms with E-state index in [2.05, 4.69) is 0 Å². The van der Waals surface area contributed by atoms with Crippen LogP contribution < -0.4 is 0 Å². The molecule has 0 saturated heterocycles. The topological polar surface area (TPSA) is 60.7 Å². The first-order chi connectivity index (χ1) is 3.96. The molecule has 9 heavy (non-hydrogen) atoms. The SMILES string of the molecule is OC1(O)CCCC1(O)Cl. The summed E-state index contributed by atoms with van der Waals surface area (Å²) in [6, 6.07) is 0. The van der Waals surface area contributed by atoms with E-state index in [9.17, 15) is 0 Å². The monoisotopic (exact) mass is 152 g/mol. The van der Waals surface area contributed by atoms with Gasteiger partial charge < -0.3 is 15.3 Å². The van der Waals surface area contributed by atoms with Gasteiger partial charge in [-0.25, -0.2) is 0 Å². The fourth-order valence-electron chi connectivity index (χ4n) is 0.961. The lowest BCUT2D eigenvalue weighted by Gasteiger charge is -2.26. The second-order valence-corrected chi connectivity index (χ2v) is 3.05. The van der Waals surface area contributed by atoms with Crippen LogP contribution in [0.4, 0.5) is 0 Å². The maximum absolute atomic E-state index is 8.99. The van der Waals surface area contributed by atoms with Crippen LogP contribution in [-0.2, 0) is 0 Å². The highest BCUT2D eigenvalue weighted by atomic mass is 35.5. The van der Waals surface area contributed by atoms with Gasteiger partial charge in [0.1, 0.15) is 0 Å². The maximum atomic E-state index is 8.99. The van der Waals surface area contributed by atoms with Crippen molar-refractivity contribution in [2.45, 2.75) is 30.1 Å². The summed E-state index contributed by atoms with van der Waals surface area (Å²) in [5, 5.41) is 25.0. The highest BCUT2D eigenvalue weighted by Gasteiger charge is 2.50. The molecule has 1 rings (SSSR count). The molecule has 1 atom stereocenters. The van der Waals surface area contributed by atoms with Crippen molar-refractivity contribution in [1.82, 2.24) is 0 Å². The molecular formula is C5H9ClO3. The molecule has 0 amide bonds. The first kappa shape index (κ1) is 7.28. The lowest BCUT2D eigenvalue weighted by molar-refractivity contribution is -0.225. The van der Waals surface area contributed by atoms with Crippen LogP contribution in [0, 0.1) is 0 Å².